The number of non-ortho nitro benzene ring substituents is 2. The summed E-state index contributed by atoms with van der Waals surface area (Å²) in [6.07, 6.45) is 7.11. The Morgan fingerprint density at radius 2 is 1.07 bits per heavy atom. The van der Waals surface area contributed by atoms with Crippen LogP contribution in [0.15, 0.2) is 54.6 Å². The van der Waals surface area contributed by atoms with Gasteiger partial charge in [0, 0.05) is 57.5 Å². The Labute approximate surface area is 335 Å². The number of halogens is 4. The highest BCUT2D eigenvalue weighted by Gasteiger charge is 2.21. The second-order valence-corrected chi connectivity index (χ2v) is 13.8. The van der Waals surface area contributed by atoms with Crippen molar-refractivity contribution in [1.29, 1.82) is 5.26 Å². The van der Waals surface area contributed by atoms with Gasteiger partial charge < -0.3 is 26.0 Å². The van der Waals surface area contributed by atoms with Gasteiger partial charge in [-0.25, -0.2) is 17.6 Å². The van der Waals surface area contributed by atoms with E-state index in [1.165, 1.54) is 51.1 Å². The molecular weight excluding hydrogens is 746 g/mol. The van der Waals surface area contributed by atoms with Crippen LogP contribution in [-0.4, -0.2) is 60.8 Å². The van der Waals surface area contributed by atoms with Crippen LogP contribution in [0.5, 0.6) is 0 Å². The summed E-state index contributed by atoms with van der Waals surface area (Å²) in [5, 5.41) is 38.7. The monoisotopic (exact) mass is 807 g/mol. The van der Waals surface area contributed by atoms with Gasteiger partial charge in [0.2, 0.25) is 0 Å². The standard InChI is InChI=1S/C12H15FN2O2.C12H17FN2.C6H3F2NO2.C6H13N.C2H3N.C2H6O.CH4/c1-9-4-6-14(7-5-9)12-3-2-10(15(16)17)8-11(12)13;1-9-4-6-15(7-5-9)12-3-2-10(14)8-11(12)13;7-5-2-1-4(9(10)11)3-6(5)8;1-6-2-4-7-5-3-6;2*1-2-3;/h2-3,8-9H,4-7H2,1H3;2-3,8-9H,4-7,14H2,1H3;1-3H;6-7H,2-5H2,1H3;1H3;3H,2H2,1H3;1H4. The van der Waals surface area contributed by atoms with E-state index in [1.807, 2.05) is 4.90 Å². The van der Waals surface area contributed by atoms with Crippen molar-refractivity contribution in [3.05, 3.63) is 98.1 Å². The number of piperidine rings is 3. The van der Waals surface area contributed by atoms with Gasteiger partial charge in [0.15, 0.2) is 17.5 Å². The molecule has 0 aromatic heterocycles. The highest BCUT2D eigenvalue weighted by molar-refractivity contribution is 5.55. The van der Waals surface area contributed by atoms with Gasteiger partial charge in [0.05, 0.1) is 39.4 Å². The van der Waals surface area contributed by atoms with E-state index < -0.39 is 33.0 Å². The molecule has 3 saturated heterocycles. The number of hydrogen-bond acceptors (Lipinski definition) is 10. The van der Waals surface area contributed by atoms with Gasteiger partial charge in [-0.05, 0) is 107 Å². The summed E-state index contributed by atoms with van der Waals surface area (Å²) < 4.78 is 51.8. The average molecular weight is 808 g/mol. The van der Waals surface area contributed by atoms with Crippen LogP contribution in [0, 0.1) is 72.6 Å². The van der Waals surface area contributed by atoms with E-state index in [9.17, 15) is 37.8 Å². The molecule has 3 heterocycles. The Morgan fingerprint density at radius 3 is 1.40 bits per heavy atom. The zero-order chi connectivity index (χ0) is 42.2. The third-order valence-corrected chi connectivity index (χ3v) is 9.10. The molecule has 3 aliphatic heterocycles. The maximum absolute atomic E-state index is 13.7. The Balaban J connectivity index is 0.000000719. The largest absolute Gasteiger partial charge is 0.399 e. The number of nitrogens with zero attached hydrogens (tertiary/aromatic N) is 5. The van der Waals surface area contributed by atoms with Gasteiger partial charge in [-0.15, -0.1) is 0 Å². The SMILES string of the molecule is C.CC#N.CC1CCN(c2ccc(N)cc2F)CC1.CC1CCN(c2ccc([N+](=O)[O-])cc2F)CC1.CC1CCNCC1.CCO.O=[N+]([O-])c1ccc(F)c(F)c1. The smallest absolute Gasteiger partial charge is 0.272 e. The van der Waals surface area contributed by atoms with E-state index in [0.29, 0.717) is 35.1 Å². The van der Waals surface area contributed by atoms with Gasteiger partial charge >= 0.3 is 0 Å². The predicted octanol–water partition coefficient (Wildman–Crippen LogP) is 9.66. The van der Waals surface area contributed by atoms with Crippen LogP contribution < -0.4 is 20.9 Å². The number of rotatable bonds is 4. The summed E-state index contributed by atoms with van der Waals surface area (Å²) in [6.45, 7) is 16.1. The lowest BCUT2D eigenvalue weighted by Gasteiger charge is -2.32. The number of benzene rings is 3. The lowest BCUT2D eigenvalue weighted by atomic mass is 9.99. The number of nitrogens with two attached hydrogens (primary N) is 1. The molecule has 12 nitrogen and oxygen atoms in total. The Bertz CT molecular complexity index is 1660. The highest BCUT2D eigenvalue weighted by Crippen LogP contribution is 2.28. The van der Waals surface area contributed by atoms with Gasteiger partial charge in [0.1, 0.15) is 5.82 Å². The Kier molecular flexibility index (Phi) is 25.9. The van der Waals surface area contributed by atoms with Crippen LogP contribution in [0.2, 0.25) is 0 Å². The van der Waals surface area contributed by atoms with Crippen LogP contribution in [0.1, 0.15) is 80.6 Å². The van der Waals surface area contributed by atoms with Crippen molar-refractivity contribution in [1.82, 2.24) is 5.32 Å². The molecule has 6 rings (SSSR count). The van der Waals surface area contributed by atoms with E-state index in [4.69, 9.17) is 16.1 Å². The zero-order valence-corrected chi connectivity index (χ0v) is 33.0. The number of nitrogen functional groups attached to an aromatic ring is 1. The maximum atomic E-state index is 13.7. The average Bonchev–Trinajstić information content (AvgIpc) is 3.15. The quantitative estimate of drug-likeness (QED) is 0.0996. The minimum atomic E-state index is -1.21. The number of aliphatic hydroxyl groups excluding tert-OH is 1. The van der Waals surface area contributed by atoms with E-state index in [0.717, 1.165) is 75.8 Å². The van der Waals surface area contributed by atoms with Crippen molar-refractivity contribution < 1.29 is 32.5 Å². The molecule has 4 N–H and O–H groups in total. The van der Waals surface area contributed by atoms with Crippen molar-refractivity contribution in [2.75, 3.05) is 61.4 Å². The van der Waals surface area contributed by atoms with Crippen LogP contribution in [0.4, 0.5) is 46.0 Å². The number of nitro groups is 2. The van der Waals surface area contributed by atoms with Gasteiger partial charge in [0.25, 0.3) is 11.4 Å². The summed E-state index contributed by atoms with van der Waals surface area (Å²) in [5.41, 5.74) is 6.52. The minimum absolute atomic E-state index is 0. The molecule has 0 amide bonds. The molecule has 0 saturated carbocycles. The number of aliphatic hydroxyl groups is 1. The van der Waals surface area contributed by atoms with Crippen LogP contribution in [0.25, 0.3) is 0 Å². The van der Waals surface area contributed by atoms with Crippen molar-refractivity contribution in [3.8, 4) is 6.07 Å². The minimum Gasteiger partial charge on any atom is -0.399 e. The molecule has 0 spiro atoms. The van der Waals surface area contributed by atoms with Crippen molar-refractivity contribution in [3.63, 3.8) is 0 Å². The van der Waals surface area contributed by atoms with Crippen molar-refractivity contribution in [2.24, 2.45) is 17.8 Å². The summed E-state index contributed by atoms with van der Waals surface area (Å²) in [7, 11) is 0. The second-order valence-electron chi connectivity index (χ2n) is 13.8. The summed E-state index contributed by atoms with van der Waals surface area (Å²) in [4.78, 5) is 23.2. The topological polar surface area (TPSA) is 175 Å². The summed E-state index contributed by atoms with van der Waals surface area (Å²) in [6, 6.07) is 12.7. The lowest BCUT2D eigenvalue weighted by molar-refractivity contribution is -0.385. The summed E-state index contributed by atoms with van der Waals surface area (Å²) >= 11 is 0. The summed E-state index contributed by atoms with van der Waals surface area (Å²) in [5.74, 6) is -0.597. The molecule has 57 heavy (non-hydrogen) atoms. The molecule has 3 aliphatic rings. The molecule has 3 fully saturated rings. The fraction of sp³-hybridized carbons (Fsp3) is 0.537. The van der Waals surface area contributed by atoms with Gasteiger partial charge in [-0.2, -0.15) is 5.26 Å². The third-order valence-electron chi connectivity index (χ3n) is 9.10. The first-order valence-electron chi connectivity index (χ1n) is 18.8. The molecule has 0 aliphatic carbocycles. The Hall–Kier alpha value is -5.01. The number of anilines is 3. The van der Waals surface area contributed by atoms with Gasteiger partial charge in [-0.1, -0.05) is 28.2 Å². The van der Waals surface area contributed by atoms with Crippen molar-refractivity contribution in [2.45, 2.75) is 80.6 Å². The first-order chi connectivity index (χ1) is 26.6. The van der Waals surface area contributed by atoms with E-state index >= 15 is 0 Å². The van der Waals surface area contributed by atoms with E-state index in [1.54, 1.807) is 25.1 Å². The molecular formula is C41H61F4N7O5. The molecule has 3 aromatic carbocycles. The fourth-order valence-corrected chi connectivity index (χ4v) is 5.71. The fourth-order valence-electron chi connectivity index (χ4n) is 5.71. The number of nitro benzene ring substituents is 2. The van der Waals surface area contributed by atoms with Crippen LogP contribution >= 0.6 is 0 Å². The maximum Gasteiger partial charge on any atom is 0.272 e. The van der Waals surface area contributed by atoms with Crippen molar-refractivity contribution >= 4 is 28.4 Å². The van der Waals surface area contributed by atoms with E-state index in [2.05, 4.69) is 31.0 Å². The molecule has 0 bridgehead atoms. The first kappa shape index (κ1) is 52.0. The van der Waals surface area contributed by atoms with E-state index in [-0.39, 0.29) is 25.5 Å². The normalized spacial score (nSPS) is 15.3. The zero-order valence-electron chi connectivity index (χ0n) is 33.0. The van der Waals surface area contributed by atoms with Gasteiger partial charge in [-0.3, -0.25) is 20.2 Å². The molecule has 0 unspecified atom stereocenters. The van der Waals surface area contributed by atoms with Crippen LogP contribution in [-0.2, 0) is 0 Å². The third kappa shape index (κ3) is 20.1. The molecule has 318 valence electrons. The first-order valence-corrected chi connectivity index (χ1v) is 18.8. The number of hydrogen-bond donors (Lipinski definition) is 3. The Morgan fingerprint density at radius 1 is 0.719 bits per heavy atom. The molecule has 16 heteroatoms. The number of nitrogens with one attached hydrogen (secondary N) is 1. The van der Waals surface area contributed by atoms with Crippen LogP contribution in [0.3, 0.4) is 0 Å². The second kappa shape index (κ2) is 28.4. The lowest BCUT2D eigenvalue weighted by Crippen LogP contribution is -2.33. The molecule has 3 aromatic rings. The number of nitriles is 1. The highest BCUT2D eigenvalue weighted by atomic mass is 19.2. The molecule has 0 radical (unpaired) electrons. The predicted molar refractivity (Wildman–Crippen MR) is 220 cm³/mol. The molecule has 0 atom stereocenters.